The van der Waals surface area contributed by atoms with Crippen LogP contribution in [0.4, 0.5) is 13.2 Å². The second kappa shape index (κ2) is 10.2. The molecule has 190 valence electrons. The highest BCUT2D eigenvalue weighted by molar-refractivity contribution is 7.90. The Kier molecular flexibility index (Phi) is 7.44. The Morgan fingerprint density at radius 1 is 1.14 bits per heavy atom. The Labute approximate surface area is 214 Å². The average Bonchev–Trinajstić information content (AvgIpc) is 3.37. The van der Waals surface area contributed by atoms with Crippen LogP contribution in [0.5, 0.6) is 0 Å². The molecule has 0 atom stereocenters. The molecule has 4 aromatic rings. The Hall–Kier alpha value is -2.89. The third-order valence-corrected chi connectivity index (χ3v) is 8.17. The lowest BCUT2D eigenvalue weighted by molar-refractivity contribution is -0.136. The number of nitrogens with one attached hydrogen (secondary N) is 1. The van der Waals surface area contributed by atoms with Gasteiger partial charge in [-0.2, -0.15) is 13.2 Å². The molecule has 0 unspecified atom stereocenters. The number of amides is 1. The SMILES string of the molecule is CCCCc1nc(Cl)c(C(=O)NS(=O)(=O)c2ccccc2)n1Cc1csc2cccc(C(F)(F)F)c12. The van der Waals surface area contributed by atoms with Crippen LogP contribution < -0.4 is 4.72 Å². The molecule has 2 aromatic heterocycles. The molecule has 2 heterocycles. The predicted molar refractivity (Wildman–Crippen MR) is 133 cm³/mol. The van der Waals surface area contributed by atoms with E-state index in [0.29, 0.717) is 28.9 Å². The van der Waals surface area contributed by atoms with Gasteiger partial charge in [0.05, 0.1) is 17.0 Å². The Bertz CT molecular complexity index is 1510. The summed E-state index contributed by atoms with van der Waals surface area (Å²) in [7, 11) is -4.22. The maximum Gasteiger partial charge on any atom is 0.417 e. The first-order chi connectivity index (χ1) is 17.0. The topological polar surface area (TPSA) is 81.1 Å². The Balaban J connectivity index is 1.79. The van der Waals surface area contributed by atoms with Gasteiger partial charge in [-0.15, -0.1) is 11.3 Å². The number of aromatic nitrogens is 2. The average molecular weight is 556 g/mol. The lowest BCUT2D eigenvalue weighted by atomic mass is 10.1. The second-order valence-electron chi connectivity index (χ2n) is 8.04. The van der Waals surface area contributed by atoms with Crippen molar-refractivity contribution >= 4 is 49.0 Å². The van der Waals surface area contributed by atoms with Gasteiger partial charge < -0.3 is 4.57 Å². The van der Waals surface area contributed by atoms with Gasteiger partial charge in [0, 0.05) is 16.5 Å². The van der Waals surface area contributed by atoms with Crippen LogP contribution in [0.2, 0.25) is 5.15 Å². The number of nitrogens with zero attached hydrogens (tertiary/aromatic N) is 2. The van der Waals surface area contributed by atoms with Crippen molar-refractivity contribution in [2.75, 3.05) is 0 Å². The number of thiophene rings is 1. The minimum absolute atomic E-state index is 0.0320. The lowest BCUT2D eigenvalue weighted by Crippen LogP contribution is -2.32. The third-order valence-electron chi connectivity index (χ3n) is 5.56. The van der Waals surface area contributed by atoms with E-state index < -0.39 is 27.7 Å². The van der Waals surface area contributed by atoms with Gasteiger partial charge in [-0.05, 0) is 41.6 Å². The van der Waals surface area contributed by atoms with Crippen LogP contribution in [-0.2, 0) is 29.2 Å². The normalized spacial score (nSPS) is 12.2. The first-order valence-electron chi connectivity index (χ1n) is 11.0. The minimum atomic E-state index is -4.57. The van der Waals surface area contributed by atoms with Crippen LogP contribution in [0.15, 0.2) is 58.8 Å². The Morgan fingerprint density at radius 2 is 1.86 bits per heavy atom. The first kappa shape index (κ1) is 26.2. The second-order valence-corrected chi connectivity index (χ2v) is 11.0. The number of aryl methyl sites for hydroxylation is 1. The van der Waals surface area contributed by atoms with Crippen molar-refractivity contribution in [3.8, 4) is 0 Å². The Morgan fingerprint density at radius 3 is 2.53 bits per heavy atom. The highest BCUT2D eigenvalue weighted by Crippen LogP contribution is 2.39. The molecule has 4 rings (SSSR count). The smallest absolute Gasteiger partial charge is 0.318 e. The molecule has 0 saturated heterocycles. The highest BCUT2D eigenvalue weighted by Gasteiger charge is 2.34. The van der Waals surface area contributed by atoms with Gasteiger partial charge in [0.1, 0.15) is 11.5 Å². The van der Waals surface area contributed by atoms with E-state index in [4.69, 9.17) is 11.6 Å². The van der Waals surface area contributed by atoms with E-state index in [1.807, 2.05) is 11.6 Å². The van der Waals surface area contributed by atoms with E-state index in [-0.39, 0.29) is 27.7 Å². The van der Waals surface area contributed by atoms with E-state index >= 15 is 0 Å². The molecule has 2 aromatic carbocycles. The third kappa shape index (κ3) is 5.28. The number of unbranched alkanes of at least 4 members (excludes halogenated alkanes) is 1. The van der Waals surface area contributed by atoms with E-state index in [2.05, 4.69) is 4.98 Å². The van der Waals surface area contributed by atoms with Gasteiger partial charge in [0.15, 0.2) is 5.15 Å². The monoisotopic (exact) mass is 555 g/mol. The van der Waals surface area contributed by atoms with Crippen molar-refractivity contribution in [1.29, 1.82) is 0 Å². The fourth-order valence-electron chi connectivity index (χ4n) is 3.89. The number of hydrogen-bond donors (Lipinski definition) is 1. The number of halogens is 4. The number of imidazole rings is 1. The minimum Gasteiger partial charge on any atom is -0.318 e. The number of alkyl halides is 3. The number of benzene rings is 2. The number of rotatable bonds is 8. The molecule has 36 heavy (non-hydrogen) atoms. The molecule has 0 spiro atoms. The molecule has 12 heteroatoms. The molecular weight excluding hydrogens is 535 g/mol. The molecule has 1 amide bonds. The number of fused-ring (bicyclic) bond motifs is 1. The van der Waals surface area contributed by atoms with Crippen molar-refractivity contribution in [3.05, 3.63) is 81.7 Å². The number of carbonyl (C=O) groups is 1. The largest absolute Gasteiger partial charge is 0.417 e. The summed E-state index contributed by atoms with van der Waals surface area (Å²) in [5.74, 6) is -0.636. The van der Waals surface area contributed by atoms with E-state index in [1.165, 1.54) is 34.9 Å². The van der Waals surface area contributed by atoms with Gasteiger partial charge in [0.25, 0.3) is 15.9 Å². The predicted octanol–water partition coefficient (Wildman–Crippen LogP) is 6.28. The molecule has 0 saturated carbocycles. The van der Waals surface area contributed by atoms with E-state index in [1.54, 1.807) is 17.5 Å². The molecule has 0 bridgehead atoms. The van der Waals surface area contributed by atoms with E-state index in [9.17, 15) is 26.4 Å². The van der Waals surface area contributed by atoms with Crippen LogP contribution in [0.3, 0.4) is 0 Å². The number of hydrogen-bond acceptors (Lipinski definition) is 5. The van der Waals surface area contributed by atoms with Crippen LogP contribution >= 0.6 is 22.9 Å². The van der Waals surface area contributed by atoms with Crippen molar-refractivity contribution in [1.82, 2.24) is 14.3 Å². The molecule has 0 fully saturated rings. The van der Waals surface area contributed by atoms with E-state index in [0.717, 1.165) is 23.8 Å². The fourth-order valence-corrected chi connectivity index (χ4v) is 6.12. The summed E-state index contributed by atoms with van der Waals surface area (Å²) >= 11 is 7.45. The fraction of sp³-hybridized carbons (Fsp3) is 0.250. The van der Waals surface area contributed by atoms with Crippen molar-refractivity contribution in [3.63, 3.8) is 0 Å². The van der Waals surface area contributed by atoms with Crippen LogP contribution in [-0.4, -0.2) is 23.9 Å². The summed E-state index contributed by atoms with van der Waals surface area (Å²) in [5, 5.41) is 1.40. The summed E-state index contributed by atoms with van der Waals surface area (Å²) in [6.45, 7) is 1.82. The van der Waals surface area contributed by atoms with Gasteiger partial charge in [-0.1, -0.05) is 49.2 Å². The summed E-state index contributed by atoms with van der Waals surface area (Å²) in [6, 6.07) is 11.3. The standard InChI is InChI=1S/C24H21ClF3N3O3S2/c1-2-3-12-19-29-22(25)21(23(32)30-36(33,34)16-8-5-4-6-9-16)31(19)13-15-14-35-18-11-7-10-17(20(15)18)24(26,27)28/h4-11,14H,2-3,12-13H2,1H3,(H,30,32). The van der Waals surface area contributed by atoms with Gasteiger partial charge in [-0.25, -0.2) is 18.1 Å². The maximum atomic E-state index is 13.8. The van der Waals surface area contributed by atoms with Crippen molar-refractivity contribution in [2.45, 2.75) is 43.8 Å². The molecule has 0 aliphatic carbocycles. The zero-order valence-corrected chi connectivity index (χ0v) is 21.4. The number of carbonyl (C=O) groups excluding carboxylic acids is 1. The summed E-state index contributed by atoms with van der Waals surface area (Å²) in [4.78, 5) is 17.3. The van der Waals surface area contributed by atoms with Crippen molar-refractivity contribution < 1.29 is 26.4 Å². The molecular formula is C24H21ClF3N3O3S2. The first-order valence-corrected chi connectivity index (χ1v) is 13.7. The highest BCUT2D eigenvalue weighted by atomic mass is 35.5. The van der Waals surface area contributed by atoms with Crippen LogP contribution in [0.1, 0.15) is 47.2 Å². The quantitative estimate of drug-likeness (QED) is 0.277. The van der Waals surface area contributed by atoms with Gasteiger partial charge in [0.2, 0.25) is 0 Å². The van der Waals surface area contributed by atoms with Crippen LogP contribution in [0.25, 0.3) is 10.1 Å². The summed E-state index contributed by atoms with van der Waals surface area (Å²) in [6.07, 6.45) is -2.68. The molecule has 0 aliphatic rings. The summed E-state index contributed by atoms with van der Waals surface area (Å²) < 4.78 is 70.6. The molecule has 0 radical (unpaired) electrons. The molecule has 0 aliphatic heterocycles. The van der Waals surface area contributed by atoms with Gasteiger partial charge >= 0.3 is 6.18 Å². The lowest BCUT2D eigenvalue weighted by Gasteiger charge is -2.14. The number of sulfonamides is 1. The molecule has 6 nitrogen and oxygen atoms in total. The maximum absolute atomic E-state index is 13.8. The zero-order valence-electron chi connectivity index (χ0n) is 19.0. The zero-order chi connectivity index (χ0) is 26.1. The summed E-state index contributed by atoms with van der Waals surface area (Å²) in [5.41, 5.74) is -0.684. The molecule has 1 N–H and O–H groups in total. The van der Waals surface area contributed by atoms with Crippen molar-refractivity contribution in [2.24, 2.45) is 0 Å². The van der Waals surface area contributed by atoms with Crippen LogP contribution in [0, 0.1) is 0 Å². The van der Waals surface area contributed by atoms with Gasteiger partial charge in [-0.3, -0.25) is 4.79 Å².